The Balaban J connectivity index is -0.000000130. The quantitative estimate of drug-likeness (QED) is 0.102. The Morgan fingerprint density at radius 2 is 0.981 bits per heavy atom. The molecule has 0 aromatic carbocycles. The fourth-order valence-electron chi connectivity index (χ4n) is 7.11. The maximum absolute atomic E-state index is 12.7. The minimum atomic E-state index is -0.852. The molecule has 2 fully saturated rings. The van der Waals surface area contributed by atoms with Crippen molar-refractivity contribution >= 4 is 55.6 Å². The lowest BCUT2D eigenvalue weighted by Crippen LogP contribution is -2.45. The first-order chi connectivity index (χ1) is 22.1. The summed E-state index contributed by atoms with van der Waals surface area (Å²) in [6, 6.07) is 0. The number of methoxy groups -OCH3 is 2. The first-order valence-corrected chi connectivity index (χ1v) is 19.5. The van der Waals surface area contributed by atoms with Crippen LogP contribution >= 0.6 is 31.9 Å². The maximum atomic E-state index is 12.7. The van der Waals surface area contributed by atoms with Crippen molar-refractivity contribution in [1.82, 2.24) is 10.6 Å². The van der Waals surface area contributed by atoms with Crippen molar-refractivity contribution in [2.45, 2.75) is 180 Å². The number of carbonyl (C=O) groups is 4. The molecule has 2 N–H and O–H groups in total. The van der Waals surface area contributed by atoms with Crippen LogP contribution in [0.5, 0.6) is 0 Å². The molecule has 0 aromatic heterocycles. The lowest BCUT2D eigenvalue weighted by Gasteiger charge is -2.31. The molecular formula is C44H92Br2N2O6. The number of alkyl halides is 2. The summed E-state index contributed by atoms with van der Waals surface area (Å²) in [5.41, 5.74) is -0.209. The Hall–Kier alpha value is -1.42. The van der Waals surface area contributed by atoms with E-state index in [1.54, 1.807) is 13.8 Å². The molecule has 0 aliphatic heterocycles. The molecule has 0 aromatic rings. The summed E-state index contributed by atoms with van der Waals surface area (Å²) < 4.78 is 7.79. The molecule has 0 bridgehead atoms. The number of amides is 2. The van der Waals surface area contributed by atoms with Crippen LogP contribution < -0.4 is 10.6 Å². The fourth-order valence-corrected chi connectivity index (χ4v) is 8.11. The van der Waals surface area contributed by atoms with Crippen LogP contribution in [0.3, 0.4) is 0 Å². The summed E-state index contributed by atoms with van der Waals surface area (Å²) >= 11 is 6.81. The number of esters is 2. The summed E-state index contributed by atoms with van der Waals surface area (Å²) in [6.45, 7) is 24.9. The average Bonchev–Trinajstić information content (AvgIpc) is 3.64. The molecule has 10 heteroatoms. The number of nitrogens with one attached hydrogen (secondary N) is 2. The van der Waals surface area contributed by atoms with Crippen molar-refractivity contribution < 1.29 is 28.7 Å². The Kier molecular flexibility index (Phi) is 39.5. The number of hydrogen-bond acceptors (Lipinski definition) is 6. The Morgan fingerprint density at radius 3 is 1.24 bits per heavy atom. The zero-order valence-electron chi connectivity index (χ0n) is 32.2. The van der Waals surface area contributed by atoms with Crippen LogP contribution in [0.2, 0.25) is 0 Å². The van der Waals surface area contributed by atoms with Crippen LogP contribution in [-0.4, -0.2) is 59.7 Å². The number of ether oxygens (including phenoxy) is 2. The van der Waals surface area contributed by atoms with Crippen molar-refractivity contribution in [3.05, 3.63) is 12.2 Å². The molecule has 0 heterocycles. The first-order valence-electron chi connectivity index (χ1n) is 17.9. The van der Waals surface area contributed by atoms with E-state index in [4.69, 9.17) is 4.74 Å². The molecule has 0 spiro atoms. The monoisotopic (exact) mass is 903 g/mol. The minimum Gasteiger partial charge on any atom is -0.468 e. The standard InChI is InChI=1S/C19H34BrNO3.C14H26BrNO.C5H8O2.6CH4/c1-7-13-9-14(8-2)15(10-13)11-21-16(22)18(3,4)12-19(5,20)17(23)24-6;1-5-10-7-11(6-2)12(8-10)9-16-13(17)14(3,4)15;1-4(2)5(6)7-3;;;;;;/h13-15H,7-12H2,1-6H3,(H,21,22);10-12H,5-9H2,1-4H3,(H,16,17);1H2,2-3H3;6*1H4. The van der Waals surface area contributed by atoms with Gasteiger partial charge in [0.15, 0.2) is 0 Å². The molecule has 2 aliphatic carbocycles. The van der Waals surface area contributed by atoms with E-state index in [1.807, 2.05) is 27.7 Å². The zero-order valence-corrected chi connectivity index (χ0v) is 35.3. The van der Waals surface area contributed by atoms with Gasteiger partial charge in [0.25, 0.3) is 0 Å². The fraction of sp³-hybridized carbons (Fsp3) is 0.864. The number of hydrogen-bond donors (Lipinski definition) is 2. The lowest BCUT2D eigenvalue weighted by atomic mass is 9.82. The second-order valence-corrected chi connectivity index (χ2v) is 19.0. The molecular weight excluding hydrogens is 812 g/mol. The molecule has 0 radical (unpaired) electrons. The van der Waals surface area contributed by atoms with E-state index in [0.717, 1.165) is 36.8 Å². The molecule has 0 saturated heterocycles. The number of rotatable bonds is 14. The molecule has 54 heavy (non-hydrogen) atoms. The highest BCUT2D eigenvalue weighted by Gasteiger charge is 2.42. The van der Waals surface area contributed by atoms with Gasteiger partial charge in [-0.1, -0.05) is 150 Å². The summed E-state index contributed by atoms with van der Waals surface area (Å²) in [7, 11) is 2.70. The normalized spacial score (nSPS) is 22.1. The summed E-state index contributed by atoms with van der Waals surface area (Å²) in [4.78, 5) is 46.5. The van der Waals surface area contributed by atoms with Crippen molar-refractivity contribution in [2.24, 2.45) is 40.9 Å². The topological polar surface area (TPSA) is 111 Å². The van der Waals surface area contributed by atoms with E-state index in [1.165, 1.54) is 65.6 Å². The van der Waals surface area contributed by atoms with Gasteiger partial charge in [-0.05, 0) is 95.3 Å². The van der Waals surface area contributed by atoms with Gasteiger partial charge in [0.05, 0.1) is 18.5 Å². The van der Waals surface area contributed by atoms with Gasteiger partial charge in [-0.25, -0.2) is 4.79 Å². The first kappa shape index (κ1) is 67.3. The second kappa shape index (κ2) is 31.6. The van der Waals surface area contributed by atoms with Crippen LogP contribution in [0.1, 0.15) is 172 Å². The summed E-state index contributed by atoms with van der Waals surface area (Å²) in [5.74, 6) is 3.87. The molecule has 328 valence electrons. The molecule has 2 amide bonds. The van der Waals surface area contributed by atoms with Gasteiger partial charge in [0, 0.05) is 24.1 Å². The Bertz CT molecular complexity index is 1040. The maximum Gasteiger partial charge on any atom is 0.332 e. The number of carbonyl (C=O) groups excluding carboxylic acids is 4. The van der Waals surface area contributed by atoms with E-state index in [2.05, 4.69) is 81.5 Å². The highest BCUT2D eigenvalue weighted by Crippen LogP contribution is 2.41. The van der Waals surface area contributed by atoms with E-state index in [-0.39, 0.29) is 68.3 Å². The third-order valence-electron chi connectivity index (χ3n) is 10.2. The van der Waals surface area contributed by atoms with E-state index in [0.29, 0.717) is 23.8 Å². The molecule has 2 rings (SSSR count). The summed E-state index contributed by atoms with van der Waals surface area (Å²) in [6.07, 6.45) is 10.5. The van der Waals surface area contributed by atoms with Crippen LogP contribution in [0, 0.1) is 40.9 Å². The van der Waals surface area contributed by atoms with E-state index in [9.17, 15) is 19.2 Å². The van der Waals surface area contributed by atoms with Gasteiger partial charge in [0.2, 0.25) is 11.8 Å². The second-order valence-electron chi connectivity index (χ2n) is 15.3. The molecule has 2 saturated carbocycles. The lowest BCUT2D eigenvalue weighted by molar-refractivity contribution is -0.144. The van der Waals surface area contributed by atoms with Crippen LogP contribution in [-0.2, 0) is 28.7 Å². The third kappa shape index (κ3) is 23.6. The smallest absolute Gasteiger partial charge is 0.332 e. The van der Waals surface area contributed by atoms with Crippen LogP contribution in [0.4, 0.5) is 0 Å². The van der Waals surface area contributed by atoms with E-state index < -0.39 is 14.1 Å². The Morgan fingerprint density at radius 1 is 0.630 bits per heavy atom. The van der Waals surface area contributed by atoms with E-state index >= 15 is 0 Å². The predicted octanol–water partition coefficient (Wildman–Crippen LogP) is 12.6. The third-order valence-corrected chi connectivity index (χ3v) is 11.2. The van der Waals surface area contributed by atoms with Crippen molar-refractivity contribution in [1.29, 1.82) is 0 Å². The highest BCUT2D eigenvalue weighted by atomic mass is 79.9. The van der Waals surface area contributed by atoms with Gasteiger partial charge >= 0.3 is 11.9 Å². The number of halogens is 2. The SMILES string of the molecule is C.C.C.C.C.C.C=C(C)C(=O)OC.CCC1CC(CC)C(CNC(=O)C(C)(C)Br)C1.CCC1CC(CC)C(CNC(=O)C(C)(C)CC(C)(Br)C(=O)OC)C1. The molecule has 7 atom stereocenters. The van der Waals surface area contributed by atoms with Gasteiger partial charge in [-0.2, -0.15) is 0 Å². The summed E-state index contributed by atoms with van der Waals surface area (Å²) in [5, 5.41) is 6.23. The van der Waals surface area contributed by atoms with Gasteiger partial charge in [0.1, 0.15) is 4.32 Å². The van der Waals surface area contributed by atoms with Gasteiger partial charge in [-0.15, -0.1) is 0 Å². The molecule has 8 nitrogen and oxygen atoms in total. The largest absolute Gasteiger partial charge is 0.468 e. The van der Waals surface area contributed by atoms with Crippen molar-refractivity contribution in [2.75, 3.05) is 27.3 Å². The van der Waals surface area contributed by atoms with Crippen molar-refractivity contribution in [3.63, 3.8) is 0 Å². The van der Waals surface area contributed by atoms with Gasteiger partial charge in [-0.3, -0.25) is 14.4 Å². The zero-order chi connectivity index (χ0) is 37.5. The van der Waals surface area contributed by atoms with Crippen LogP contribution in [0.25, 0.3) is 0 Å². The Labute approximate surface area is 353 Å². The predicted molar refractivity (Wildman–Crippen MR) is 245 cm³/mol. The van der Waals surface area contributed by atoms with Gasteiger partial charge < -0.3 is 20.1 Å². The molecule has 2 aliphatic rings. The molecule has 7 unspecified atom stereocenters. The minimum absolute atomic E-state index is 0. The highest BCUT2D eigenvalue weighted by molar-refractivity contribution is 9.10. The van der Waals surface area contributed by atoms with Crippen LogP contribution in [0.15, 0.2) is 12.2 Å². The van der Waals surface area contributed by atoms with Crippen molar-refractivity contribution in [3.8, 4) is 0 Å². The average molecular weight is 905 g/mol.